The van der Waals surface area contributed by atoms with Crippen LogP contribution in [0.25, 0.3) is 10.9 Å². The molecule has 0 saturated heterocycles. The summed E-state index contributed by atoms with van der Waals surface area (Å²) in [6.45, 7) is 4.78. The Morgan fingerprint density at radius 2 is 2.07 bits per heavy atom. The highest BCUT2D eigenvalue weighted by atomic mass is 14.9. The van der Waals surface area contributed by atoms with Crippen molar-refractivity contribution in [2.24, 2.45) is 5.73 Å². The van der Waals surface area contributed by atoms with Gasteiger partial charge in [-0.05, 0) is 19.9 Å². The first kappa shape index (κ1) is 10.1. The van der Waals surface area contributed by atoms with Crippen molar-refractivity contribution in [3.8, 4) is 0 Å². The van der Waals surface area contributed by atoms with Crippen LogP contribution in [0.15, 0.2) is 30.5 Å². The Labute approximate surface area is 89.7 Å². The van der Waals surface area contributed by atoms with Crippen molar-refractivity contribution < 1.29 is 0 Å². The van der Waals surface area contributed by atoms with Crippen LogP contribution in [0.1, 0.15) is 13.8 Å². The highest BCUT2D eigenvalue weighted by molar-refractivity contribution is 5.92. The summed E-state index contributed by atoms with van der Waals surface area (Å²) in [6, 6.07) is 8.22. The smallest absolute Gasteiger partial charge is 0.0598 e. The first-order valence-electron chi connectivity index (χ1n) is 5.15. The molecule has 3 heteroatoms. The van der Waals surface area contributed by atoms with Crippen molar-refractivity contribution in [1.82, 2.24) is 4.98 Å². The number of hydrogen-bond donors (Lipinski definition) is 3. The highest BCUT2D eigenvalue weighted by Crippen LogP contribution is 2.22. The zero-order valence-electron chi connectivity index (χ0n) is 9.17. The van der Waals surface area contributed by atoms with Gasteiger partial charge in [-0.25, -0.2) is 0 Å². The fourth-order valence-corrected chi connectivity index (χ4v) is 1.54. The van der Waals surface area contributed by atoms with E-state index in [4.69, 9.17) is 5.73 Å². The minimum Gasteiger partial charge on any atom is -0.381 e. The summed E-state index contributed by atoms with van der Waals surface area (Å²) in [5, 5.41) is 4.56. The number of hydrogen-bond acceptors (Lipinski definition) is 2. The number of aromatic amines is 1. The van der Waals surface area contributed by atoms with Gasteiger partial charge in [-0.3, -0.25) is 0 Å². The fraction of sp³-hybridized carbons (Fsp3) is 0.333. The third-order valence-electron chi connectivity index (χ3n) is 2.32. The lowest BCUT2D eigenvalue weighted by Gasteiger charge is -2.19. The molecule has 0 spiro atoms. The topological polar surface area (TPSA) is 53.8 Å². The lowest BCUT2D eigenvalue weighted by Crippen LogP contribution is -2.39. The normalized spacial score (nSPS) is 11.9. The number of benzene rings is 1. The first-order chi connectivity index (χ1) is 7.06. The molecule has 4 N–H and O–H groups in total. The van der Waals surface area contributed by atoms with Gasteiger partial charge in [0.1, 0.15) is 0 Å². The van der Waals surface area contributed by atoms with E-state index in [2.05, 4.69) is 22.4 Å². The first-order valence-corrected chi connectivity index (χ1v) is 5.15. The SMILES string of the molecule is CC(C)(N)CNc1c[nH]c2ccccc12. The quantitative estimate of drug-likeness (QED) is 0.717. The van der Waals surface area contributed by atoms with Gasteiger partial charge in [-0.1, -0.05) is 18.2 Å². The summed E-state index contributed by atoms with van der Waals surface area (Å²) in [6.07, 6.45) is 1.98. The van der Waals surface area contributed by atoms with Gasteiger partial charge in [0.05, 0.1) is 5.69 Å². The minimum atomic E-state index is -0.196. The van der Waals surface area contributed by atoms with E-state index >= 15 is 0 Å². The zero-order valence-corrected chi connectivity index (χ0v) is 9.17. The van der Waals surface area contributed by atoms with Crippen LogP contribution in [-0.2, 0) is 0 Å². The number of nitrogens with one attached hydrogen (secondary N) is 2. The van der Waals surface area contributed by atoms with E-state index in [1.54, 1.807) is 0 Å². The molecule has 80 valence electrons. The molecule has 2 aromatic rings. The van der Waals surface area contributed by atoms with Crippen LogP contribution in [0, 0.1) is 0 Å². The molecular formula is C12H17N3. The standard InChI is InChI=1S/C12H17N3/c1-12(2,13)8-15-11-7-14-10-6-4-3-5-9(10)11/h3-7,14-15H,8,13H2,1-2H3. The molecule has 3 nitrogen and oxygen atoms in total. The second-order valence-electron chi connectivity index (χ2n) is 4.59. The molecule has 0 amide bonds. The monoisotopic (exact) mass is 203 g/mol. The number of H-pyrrole nitrogens is 1. The number of fused-ring (bicyclic) bond motifs is 1. The Balaban J connectivity index is 2.22. The maximum atomic E-state index is 5.92. The molecule has 0 aliphatic rings. The molecule has 1 aromatic carbocycles. The third-order valence-corrected chi connectivity index (χ3v) is 2.32. The fourth-order valence-electron chi connectivity index (χ4n) is 1.54. The molecule has 1 aromatic heterocycles. The maximum absolute atomic E-state index is 5.92. The summed E-state index contributed by atoms with van der Waals surface area (Å²) in [5.74, 6) is 0. The lowest BCUT2D eigenvalue weighted by molar-refractivity contribution is 0.549. The van der Waals surface area contributed by atoms with Crippen LogP contribution in [0.5, 0.6) is 0 Å². The van der Waals surface area contributed by atoms with Crippen molar-refractivity contribution in [1.29, 1.82) is 0 Å². The summed E-state index contributed by atoms with van der Waals surface area (Å²) < 4.78 is 0. The largest absolute Gasteiger partial charge is 0.381 e. The molecule has 15 heavy (non-hydrogen) atoms. The van der Waals surface area contributed by atoms with Gasteiger partial charge in [0.15, 0.2) is 0 Å². The Morgan fingerprint density at radius 1 is 1.33 bits per heavy atom. The predicted molar refractivity (Wildman–Crippen MR) is 65.1 cm³/mol. The Kier molecular flexibility index (Phi) is 2.40. The number of rotatable bonds is 3. The molecule has 0 saturated carbocycles. The molecule has 0 radical (unpaired) electrons. The molecule has 0 fully saturated rings. The van der Waals surface area contributed by atoms with Crippen molar-refractivity contribution in [2.45, 2.75) is 19.4 Å². The maximum Gasteiger partial charge on any atom is 0.0598 e. The summed E-state index contributed by atoms with van der Waals surface area (Å²) in [4.78, 5) is 3.22. The van der Waals surface area contributed by atoms with E-state index in [0.29, 0.717) is 0 Å². The van der Waals surface area contributed by atoms with Crippen LogP contribution < -0.4 is 11.1 Å². The van der Waals surface area contributed by atoms with Gasteiger partial charge in [0.25, 0.3) is 0 Å². The molecule has 2 rings (SSSR count). The minimum absolute atomic E-state index is 0.196. The van der Waals surface area contributed by atoms with Crippen LogP contribution in [0.2, 0.25) is 0 Å². The van der Waals surface area contributed by atoms with E-state index in [-0.39, 0.29) is 5.54 Å². The highest BCUT2D eigenvalue weighted by Gasteiger charge is 2.11. The number of nitrogens with two attached hydrogens (primary N) is 1. The number of anilines is 1. The summed E-state index contributed by atoms with van der Waals surface area (Å²) in [5.41, 5.74) is 7.99. The van der Waals surface area contributed by atoms with Gasteiger partial charge in [-0.2, -0.15) is 0 Å². The van der Waals surface area contributed by atoms with Gasteiger partial charge >= 0.3 is 0 Å². The molecule has 0 unspecified atom stereocenters. The van der Waals surface area contributed by atoms with Crippen LogP contribution in [0.4, 0.5) is 5.69 Å². The van der Waals surface area contributed by atoms with Gasteiger partial charge < -0.3 is 16.0 Å². The number of aromatic nitrogens is 1. The van der Waals surface area contributed by atoms with E-state index in [1.807, 2.05) is 32.2 Å². The van der Waals surface area contributed by atoms with Gasteiger partial charge in [0.2, 0.25) is 0 Å². The molecule has 0 bridgehead atoms. The van der Waals surface area contributed by atoms with Gasteiger partial charge in [-0.15, -0.1) is 0 Å². The average Bonchev–Trinajstić information content (AvgIpc) is 2.57. The molecule has 0 aliphatic carbocycles. The Morgan fingerprint density at radius 3 is 2.80 bits per heavy atom. The van der Waals surface area contributed by atoms with Crippen molar-refractivity contribution in [3.63, 3.8) is 0 Å². The van der Waals surface area contributed by atoms with Crippen molar-refractivity contribution >= 4 is 16.6 Å². The molecule has 1 heterocycles. The summed E-state index contributed by atoms with van der Waals surface area (Å²) >= 11 is 0. The Hall–Kier alpha value is -1.48. The lowest BCUT2D eigenvalue weighted by atomic mass is 10.1. The van der Waals surface area contributed by atoms with Crippen LogP contribution in [0.3, 0.4) is 0 Å². The van der Waals surface area contributed by atoms with Crippen molar-refractivity contribution in [2.75, 3.05) is 11.9 Å². The van der Waals surface area contributed by atoms with Crippen LogP contribution >= 0.6 is 0 Å². The van der Waals surface area contributed by atoms with Gasteiger partial charge in [0, 0.05) is 29.2 Å². The molecule has 0 atom stereocenters. The second-order valence-corrected chi connectivity index (χ2v) is 4.59. The van der Waals surface area contributed by atoms with E-state index in [9.17, 15) is 0 Å². The van der Waals surface area contributed by atoms with E-state index < -0.39 is 0 Å². The van der Waals surface area contributed by atoms with Crippen LogP contribution in [-0.4, -0.2) is 17.1 Å². The Bertz CT molecular complexity index is 451. The predicted octanol–water partition coefficient (Wildman–Crippen LogP) is 2.32. The zero-order chi connectivity index (χ0) is 10.9. The second kappa shape index (κ2) is 3.59. The summed E-state index contributed by atoms with van der Waals surface area (Å²) in [7, 11) is 0. The average molecular weight is 203 g/mol. The number of para-hydroxylation sites is 1. The molecule has 0 aliphatic heterocycles. The van der Waals surface area contributed by atoms with E-state index in [1.165, 1.54) is 5.39 Å². The van der Waals surface area contributed by atoms with Crippen molar-refractivity contribution in [3.05, 3.63) is 30.5 Å². The third kappa shape index (κ3) is 2.30. The molecular weight excluding hydrogens is 186 g/mol. The van der Waals surface area contributed by atoms with E-state index in [0.717, 1.165) is 17.7 Å².